The van der Waals surface area contributed by atoms with Crippen molar-refractivity contribution in [1.29, 1.82) is 0 Å². The molecule has 0 saturated heterocycles. The number of hydrogen-bond donors (Lipinski definition) is 2. The number of unbranched alkanes of at least 4 members (excludes halogenated alkanes) is 1. The highest BCUT2D eigenvalue weighted by molar-refractivity contribution is 4.74. The first kappa shape index (κ1) is 7.92. The Morgan fingerprint density at radius 3 is 2.62 bits per heavy atom. The van der Waals surface area contributed by atoms with Crippen molar-refractivity contribution in [2.24, 2.45) is 11.5 Å². The molecule has 0 spiro atoms. The molecular formula is C6H15N2. The standard InChI is InChI=1S/C6H15N2/c1-6(8)4-2-3-5-7/h4,6H,2-3,5,7-8H2,1H3. The lowest BCUT2D eigenvalue weighted by Crippen LogP contribution is -2.15. The molecular weight excluding hydrogens is 100 g/mol. The molecule has 1 unspecified atom stereocenters. The molecule has 4 N–H and O–H groups in total. The zero-order valence-electron chi connectivity index (χ0n) is 5.43. The van der Waals surface area contributed by atoms with Crippen LogP contribution in [0.25, 0.3) is 0 Å². The van der Waals surface area contributed by atoms with E-state index >= 15 is 0 Å². The van der Waals surface area contributed by atoms with E-state index in [0.29, 0.717) is 0 Å². The summed E-state index contributed by atoms with van der Waals surface area (Å²) < 4.78 is 0. The van der Waals surface area contributed by atoms with E-state index in [0.717, 1.165) is 19.4 Å². The molecule has 2 nitrogen and oxygen atoms in total. The van der Waals surface area contributed by atoms with Crippen LogP contribution >= 0.6 is 0 Å². The minimum atomic E-state index is 0.224. The van der Waals surface area contributed by atoms with Gasteiger partial charge in [-0.15, -0.1) is 0 Å². The summed E-state index contributed by atoms with van der Waals surface area (Å²) in [5.74, 6) is 0. The van der Waals surface area contributed by atoms with Gasteiger partial charge < -0.3 is 11.5 Å². The number of rotatable bonds is 4. The second-order valence-electron chi connectivity index (χ2n) is 2.03. The van der Waals surface area contributed by atoms with Gasteiger partial charge in [-0.05, 0) is 32.7 Å². The summed E-state index contributed by atoms with van der Waals surface area (Å²) in [5, 5.41) is 0. The fourth-order valence-corrected chi connectivity index (χ4v) is 0.499. The van der Waals surface area contributed by atoms with E-state index in [9.17, 15) is 0 Å². The van der Waals surface area contributed by atoms with Gasteiger partial charge in [0, 0.05) is 6.04 Å². The average Bonchev–Trinajstić information content (AvgIpc) is 1.66. The van der Waals surface area contributed by atoms with Crippen LogP contribution in [-0.4, -0.2) is 12.6 Å². The molecule has 0 aromatic carbocycles. The Hall–Kier alpha value is -0.0800. The van der Waals surface area contributed by atoms with Crippen LogP contribution in [0.1, 0.15) is 19.8 Å². The van der Waals surface area contributed by atoms with Crippen LogP contribution in [0.15, 0.2) is 0 Å². The van der Waals surface area contributed by atoms with Crippen molar-refractivity contribution >= 4 is 0 Å². The molecule has 2 heteroatoms. The molecule has 0 saturated carbocycles. The zero-order valence-corrected chi connectivity index (χ0v) is 5.43. The molecule has 0 heterocycles. The van der Waals surface area contributed by atoms with E-state index in [4.69, 9.17) is 11.5 Å². The maximum atomic E-state index is 5.44. The second kappa shape index (κ2) is 5.06. The summed E-state index contributed by atoms with van der Waals surface area (Å²) in [6.07, 6.45) is 4.18. The third kappa shape index (κ3) is 5.92. The van der Waals surface area contributed by atoms with Gasteiger partial charge in [-0.1, -0.05) is 0 Å². The smallest absolute Gasteiger partial charge is 0.00419 e. The Bertz CT molecular complexity index is 43.8. The fourth-order valence-electron chi connectivity index (χ4n) is 0.499. The van der Waals surface area contributed by atoms with Gasteiger partial charge in [0.2, 0.25) is 0 Å². The molecule has 49 valence electrons. The van der Waals surface area contributed by atoms with E-state index in [2.05, 4.69) is 6.42 Å². The largest absolute Gasteiger partial charge is 0.330 e. The monoisotopic (exact) mass is 115 g/mol. The predicted octanol–water partition coefficient (Wildman–Crippen LogP) is 0.277. The van der Waals surface area contributed by atoms with Gasteiger partial charge >= 0.3 is 0 Å². The first-order valence-corrected chi connectivity index (χ1v) is 3.06. The van der Waals surface area contributed by atoms with Gasteiger partial charge in [-0.2, -0.15) is 0 Å². The van der Waals surface area contributed by atoms with Crippen molar-refractivity contribution < 1.29 is 0 Å². The normalized spacial score (nSPS) is 13.9. The third-order valence-electron chi connectivity index (χ3n) is 0.947. The van der Waals surface area contributed by atoms with Gasteiger partial charge in [0.05, 0.1) is 0 Å². The van der Waals surface area contributed by atoms with Crippen LogP contribution in [0.4, 0.5) is 0 Å². The van der Waals surface area contributed by atoms with Crippen LogP contribution in [-0.2, 0) is 0 Å². The molecule has 0 amide bonds. The van der Waals surface area contributed by atoms with Crippen molar-refractivity contribution in [1.82, 2.24) is 0 Å². The van der Waals surface area contributed by atoms with Crippen LogP contribution in [0.3, 0.4) is 0 Å². The van der Waals surface area contributed by atoms with Crippen molar-refractivity contribution in [2.75, 3.05) is 6.54 Å². The lowest BCUT2D eigenvalue weighted by Gasteiger charge is -2.00. The van der Waals surface area contributed by atoms with Crippen molar-refractivity contribution in [2.45, 2.75) is 25.8 Å². The molecule has 0 aliphatic carbocycles. The van der Waals surface area contributed by atoms with Crippen molar-refractivity contribution in [3.63, 3.8) is 0 Å². The van der Waals surface area contributed by atoms with Gasteiger partial charge in [0.25, 0.3) is 0 Å². The Balaban J connectivity index is 2.72. The molecule has 1 atom stereocenters. The van der Waals surface area contributed by atoms with Crippen LogP contribution in [0.5, 0.6) is 0 Å². The molecule has 0 aromatic heterocycles. The SMILES string of the molecule is CC(N)[CH]CCCN. The molecule has 0 bridgehead atoms. The first-order valence-electron chi connectivity index (χ1n) is 3.06. The fraction of sp³-hybridized carbons (Fsp3) is 0.833. The molecule has 0 aliphatic heterocycles. The predicted molar refractivity (Wildman–Crippen MR) is 36.2 cm³/mol. The zero-order chi connectivity index (χ0) is 6.41. The summed E-state index contributed by atoms with van der Waals surface area (Å²) in [5.41, 5.74) is 10.7. The van der Waals surface area contributed by atoms with Gasteiger partial charge in [-0.25, -0.2) is 0 Å². The van der Waals surface area contributed by atoms with Gasteiger partial charge in [0.1, 0.15) is 0 Å². The van der Waals surface area contributed by atoms with E-state index < -0.39 is 0 Å². The first-order chi connectivity index (χ1) is 3.77. The molecule has 0 aromatic rings. The third-order valence-corrected chi connectivity index (χ3v) is 0.947. The van der Waals surface area contributed by atoms with Crippen LogP contribution in [0.2, 0.25) is 0 Å². The molecule has 8 heavy (non-hydrogen) atoms. The summed E-state index contributed by atoms with van der Waals surface area (Å²) in [7, 11) is 0. The van der Waals surface area contributed by atoms with Gasteiger partial charge in [0.15, 0.2) is 0 Å². The maximum absolute atomic E-state index is 5.44. The highest BCUT2D eigenvalue weighted by atomic mass is 14.6. The molecule has 0 fully saturated rings. The molecule has 0 aliphatic rings. The van der Waals surface area contributed by atoms with Crippen molar-refractivity contribution in [3.05, 3.63) is 6.42 Å². The molecule has 1 radical (unpaired) electrons. The summed E-state index contributed by atoms with van der Waals surface area (Å²) >= 11 is 0. The minimum Gasteiger partial charge on any atom is -0.330 e. The lowest BCUT2D eigenvalue weighted by atomic mass is 10.1. The Morgan fingerprint density at radius 2 is 2.25 bits per heavy atom. The quantitative estimate of drug-likeness (QED) is 0.517. The average molecular weight is 115 g/mol. The lowest BCUT2D eigenvalue weighted by molar-refractivity contribution is 0.732. The summed E-state index contributed by atoms with van der Waals surface area (Å²) in [4.78, 5) is 0. The topological polar surface area (TPSA) is 52.0 Å². The summed E-state index contributed by atoms with van der Waals surface area (Å²) in [6, 6.07) is 0.224. The van der Waals surface area contributed by atoms with E-state index in [1.807, 2.05) is 6.92 Å². The van der Waals surface area contributed by atoms with Crippen molar-refractivity contribution in [3.8, 4) is 0 Å². The van der Waals surface area contributed by atoms with E-state index in [1.54, 1.807) is 0 Å². The number of nitrogens with two attached hydrogens (primary N) is 2. The van der Waals surface area contributed by atoms with Crippen LogP contribution in [0, 0.1) is 6.42 Å². The minimum absolute atomic E-state index is 0.224. The maximum Gasteiger partial charge on any atom is 0.00419 e. The second-order valence-corrected chi connectivity index (χ2v) is 2.03. The Kier molecular flexibility index (Phi) is 5.01. The molecule has 0 rings (SSSR count). The van der Waals surface area contributed by atoms with Gasteiger partial charge in [-0.3, -0.25) is 0 Å². The number of hydrogen-bond acceptors (Lipinski definition) is 2. The summed E-state index contributed by atoms with van der Waals surface area (Å²) in [6.45, 7) is 2.74. The Morgan fingerprint density at radius 1 is 1.62 bits per heavy atom. The van der Waals surface area contributed by atoms with E-state index in [1.165, 1.54) is 0 Å². The van der Waals surface area contributed by atoms with Crippen LogP contribution < -0.4 is 11.5 Å². The highest BCUT2D eigenvalue weighted by Gasteiger charge is 1.91. The highest BCUT2D eigenvalue weighted by Crippen LogP contribution is 1.93. The Labute approximate surface area is 51.2 Å². The van der Waals surface area contributed by atoms with E-state index in [-0.39, 0.29) is 6.04 Å².